The summed E-state index contributed by atoms with van der Waals surface area (Å²) in [5.41, 5.74) is 12.9. The van der Waals surface area contributed by atoms with Crippen molar-refractivity contribution in [3.63, 3.8) is 0 Å². The number of benzene rings is 3. The summed E-state index contributed by atoms with van der Waals surface area (Å²) >= 11 is 8.64. The SMILES string of the molecule is CCCCc1nc2c(-c3cc4sc(-c5ccc(N(C)CC(C)C)cc5)cc4s3)c3nsnc3c(-c3cc4sc(-c5ccc(N(C)CC(C)C)cc5)cc4s3)c2nc1C. The van der Waals surface area contributed by atoms with Gasteiger partial charge in [-0.1, -0.05) is 65.3 Å². The Morgan fingerprint density at radius 1 is 0.552 bits per heavy atom. The average Bonchev–Trinajstić information content (AvgIpc) is 4.03. The molecule has 0 bridgehead atoms. The highest BCUT2D eigenvalue weighted by molar-refractivity contribution is 7.31. The van der Waals surface area contributed by atoms with Gasteiger partial charge in [0, 0.05) is 88.0 Å². The summed E-state index contributed by atoms with van der Waals surface area (Å²) in [7, 11) is 4.35. The third-order valence-electron chi connectivity index (χ3n) is 10.7. The number of unbranched alkanes of at least 4 members (excludes halogenated alkanes) is 1. The molecule has 6 heterocycles. The molecule has 9 rings (SSSR count). The number of hydrogen-bond donors (Lipinski definition) is 0. The molecule has 0 saturated carbocycles. The number of aryl methyl sites for hydroxylation is 2. The molecule has 0 aliphatic carbocycles. The van der Waals surface area contributed by atoms with Crippen LogP contribution in [-0.2, 0) is 6.42 Å². The second kappa shape index (κ2) is 16.1. The fourth-order valence-electron chi connectivity index (χ4n) is 7.96. The van der Waals surface area contributed by atoms with Crippen LogP contribution in [0.15, 0.2) is 72.8 Å². The lowest BCUT2D eigenvalue weighted by Gasteiger charge is -2.21. The lowest BCUT2D eigenvalue weighted by atomic mass is 10.0. The van der Waals surface area contributed by atoms with E-state index in [0.717, 1.165) is 76.9 Å². The highest BCUT2D eigenvalue weighted by Gasteiger charge is 2.26. The molecule has 6 nitrogen and oxygen atoms in total. The van der Waals surface area contributed by atoms with Crippen molar-refractivity contribution in [2.75, 3.05) is 37.0 Å². The van der Waals surface area contributed by atoms with Crippen molar-refractivity contribution in [1.29, 1.82) is 0 Å². The highest BCUT2D eigenvalue weighted by Crippen LogP contribution is 2.50. The minimum absolute atomic E-state index is 0.619. The van der Waals surface area contributed by atoms with Gasteiger partial charge in [-0.3, -0.25) is 0 Å². The summed E-state index contributed by atoms with van der Waals surface area (Å²) in [5, 5.41) is 0. The van der Waals surface area contributed by atoms with E-state index in [1.165, 1.54) is 72.5 Å². The van der Waals surface area contributed by atoms with E-state index in [-0.39, 0.29) is 0 Å². The Morgan fingerprint density at radius 2 is 0.966 bits per heavy atom. The zero-order chi connectivity index (χ0) is 40.2. The molecule has 58 heavy (non-hydrogen) atoms. The van der Waals surface area contributed by atoms with Crippen LogP contribution >= 0.6 is 57.1 Å². The Kier molecular flexibility index (Phi) is 10.9. The van der Waals surface area contributed by atoms with Crippen LogP contribution in [0.5, 0.6) is 0 Å². The van der Waals surface area contributed by atoms with Gasteiger partial charge in [-0.25, -0.2) is 9.97 Å². The van der Waals surface area contributed by atoms with Crippen LogP contribution < -0.4 is 9.80 Å². The van der Waals surface area contributed by atoms with E-state index < -0.39 is 0 Å². The Hall–Kier alpha value is -4.26. The van der Waals surface area contributed by atoms with Gasteiger partial charge in [-0.15, -0.1) is 45.3 Å². The van der Waals surface area contributed by atoms with Gasteiger partial charge in [0.15, 0.2) is 0 Å². The van der Waals surface area contributed by atoms with Crippen LogP contribution in [0.25, 0.3) is 82.6 Å². The van der Waals surface area contributed by atoms with Gasteiger partial charge in [0.1, 0.15) is 22.1 Å². The van der Waals surface area contributed by atoms with Crippen molar-refractivity contribution in [3.8, 4) is 41.8 Å². The standard InChI is InChI=1S/C47H48N6S5/c1-9-10-11-33-28(6)48-44-42(40-22-38-36(56-40)20-34(54-38)29-12-16-31(17-13-29)52(7)24-26(2)3)46-47(51-58-50-46)43(45(44)49-33)41-23-39-37(57-41)21-35(55-39)30-14-18-32(19-15-30)53(8)25-27(4)5/h12-23,26-27H,9-11,24-25H2,1-8H3. The highest BCUT2D eigenvalue weighted by atomic mass is 32.1. The van der Waals surface area contributed by atoms with Crippen molar-refractivity contribution >= 4 is 109 Å². The topological polar surface area (TPSA) is 58.0 Å². The molecule has 296 valence electrons. The molecule has 0 saturated heterocycles. The maximum absolute atomic E-state index is 5.48. The first-order valence-electron chi connectivity index (χ1n) is 20.2. The molecule has 11 heteroatoms. The quantitative estimate of drug-likeness (QED) is 0.115. The monoisotopic (exact) mass is 856 g/mol. The number of thiophene rings is 4. The van der Waals surface area contributed by atoms with E-state index in [4.69, 9.17) is 18.7 Å². The summed E-state index contributed by atoms with van der Waals surface area (Å²) < 4.78 is 15.1. The summed E-state index contributed by atoms with van der Waals surface area (Å²) in [6.45, 7) is 15.5. The molecule has 0 amide bonds. The van der Waals surface area contributed by atoms with Crippen molar-refractivity contribution in [1.82, 2.24) is 18.7 Å². The van der Waals surface area contributed by atoms with Crippen LogP contribution in [0.1, 0.15) is 58.8 Å². The molecule has 9 aromatic rings. The van der Waals surface area contributed by atoms with Gasteiger partial charge < -0.3 is 9.80 Å². The Morgan fingerprint density at radius 3 is 1.40 bits per heavy atom. The zero-order valence-corrected chi connectivity index (χ0v) is 38.4. The van der Waals surface area contributed by atoms with Crippen molar-refractivity contribution < 1.29 is 0 Å². The molecule has 6 aromatic heterocycles. The molecule has 0 N–H and O–H groups in total. The third-order valence-corrected chi connectivity index (χ3v) is 16.0. The number of hydrogen-bond acceptors (Lipinski definition) is 11. The van der Waals surface area contributed by atoms with Gasteiger partial charge in [0.25, 0.3) is 0 Å². The van der Waals surface area contributed by atoms with Crippen LogP contribution in [-0.4, -0.2) is 45.9 Å². The fourth-order valence-corrected chi connectivity index (χ4v) is 13.4. The minimum Gasteiger partial charge on any atom is -0.374 e. The second-order valence-electron chi connectivity index (χ2n) is 16.3. The Balaban J connectivity index is 1.11. The summed E-state index contributed by atoms with van der Waals surface area (Å²) in [4.78, 5) is 20.5. The Bertz CT molecular complexity index is 2830. The lowest BCUT2D eigenvalue weighted by Crippen LogP contribution is -2.22. The molecular formula is C47H48N6S5. The smallest absolute Gasteiger partial charge is 0.116 e. The third kappa shape index (κ3) is 7.45. The van der Waals surface area contributed by atoms with Crippen molar-refractivity contribution in [2.24, 2.45) is 11.8 Å². The molecule has 0 radical (unpaired) electrons. The normalized spacial score (nSPS) is 12.1. The van der Waals surface area contributed by atoms with Gasteiger partial charge >= 0.3 is 0 Å². The zero-order valence-electron chi connectivity index (χ0n) is 34.3. The maximum atomic E-state index is 5.48. The first kappa shape index (κ1) is 39.2. The number of aromatic nitrogens is 4. The van der Waals surface area contributed by atoms with Crippen molar-refractivity contribution in [3.05, 3.63) is 84.2 Å². The molecular weight excluding hydrogens is 809 g/mol. The average molecular weight is 857 g/mol. The molecule has 0 spiro atoms. The van der Waals surface area contributed by atoms with Crippen LogP contribution in [0.3, 0.4) is 0 Å². The predicted molar refractivity (Wildman–Crippen MR) is 258 cm³/mol. The van der Waals surface area contributed by atoms with Crippen molar-refractivity contribution in [2.45, 2.75) is 60.8 Å². The number of nitrogens with zero attached hydrogens (tertiary/aromatic N) is 6. The van der Waals surface area contributed by atoms with E-state index in [9.17, 15) is 0 Å². The number of fused-ring (bicyclic) bond motifs is 4. The van der Waals surface area contributed by atoms with E-state index in [0.29, 0.717) is 11.8 Å². The van der Waals surface area contributed by atoms with Crippen LogP contribution in [0, 0.1) is 18.8 Å². The molecule has 3 aromatic carbocycles. The lowest BCUT2D eigenvalue weighted by molar-refractivity contribution is 0.638. The summed E-state index contributed by atoms with van der Waals surface area (Å²) in [5.74, 6) is 1.24. The summed E-state index contributed by atoms with van der Waals surface area (Å²) in [6.07, 6.45) is 3.10. The molecule has 0 aliphatic heterocycles. The summed E-state index contributed by atoms with van der Waals surface area (Å²) in [6, 6.07) is 27.4. The maximum Gasteiger partial charge on any atom is 0.116 e. The van der Waals surface area contributed by atoms with Gasteiger partial charge in [0.2, 0.25) is 0 Å². The molecule has 0 unspecified atom stereocenters. The first-order chi connectivity index (χ1) is 28.0. The first-order valence-corrected chi connectivity index (χ1v) is 24.2. The van der Waals surface area contributed by atoms with E-state index in [1.54, 1.807) is 0 Å². The number of rotatable bonds is 13. The molecule has 0 aliphatic rings. The van der Waals surface area contributed by atoms with Gasteiger partial charge in [-0.2, -0.15) is 8.75 Å². The van der Waals surface area contributed by atoms with Gasteiger partial charge in [-0.05, 0) is 91.3 Å². The fraction of sp³-hybridized carbons (Fsp3) is 0.319. The molecule has 0 atom stereocenters. The Labute approximate surface area is 361 Å². The second-order valence-corrected chi connectivity index (χ2v) is 21.2. The molecule has 0 fully saturated rings. The van der Waals surface area contributed by atoms with E-state index in [2.05, 4.69) is 138 Å². The van der Waals surface area contributed by atoms with Gasteiger partial charge in [0.05, 0.1) is 23.1 Å². The largest absolute Gasteiger partial charge is 0.374 e. The van der Waals surface area contributed by atoms with E-state index in [1.807, 2.05) is 45.3 Å². The van der Waals surface area contributed by atoms with Crippen LogP contribution in [0.4, 0.5) is 11.4 Å². The predicted octanol–water partition coefficient (Wildman–Crippen LogP) is 14.7. The number of anilines is 2. The minimum atomic E-state index is 0.619. The van der Waals surface area contributed by atoms with Crippen LogP contribution in [0.2, 0.25) is 0 Å². The van der Waals surface area contributed by atoms with E-state index >= 15 is 0 Å².